The molecule has 0 aromatic heterocycles. The molecule has 0 saturated heterocycles. The Hall–Kier alpha value is 0.753. The molecule has 66 valence electrons. The molecular formula is C4H5BrF5Zn-. The molecule has 0 amide bonds. The molecule has 7 heteroatoms. The first-order valence-corrected chi connectivity index (χ1v) is 2.05. The number of hydrogen-bond acceptors (Lipinski definition) is 0. The van der Waals surface area contributed by atoms with Gasteiger partial charge in [-0.1, -0.05) is 0 Å². The van der Waals surface area contributed by atoms with Crippen molar-refractivity contribution >= 4 is 17.0 Å². The summed E-state index contributed by atoms with van der Waals surface area (Å²) >= 11 is 0. The van der Waals surface area contributed by atoms with Crippen LogP contribution in [-0.2, 0) is 19.5 Å². The normalized spacial score (nSPS) is 11.5. The van der Waals surface area contributed by atoms with Crippen LogP contribution in [0.25, 0.3) is 0 Å². The molecule has 0 rings (SSSR count). The molecule has 0 heterocycles. The summed E-state index contributed by atoms with van der Waals surface area (Å²) in [7, 11) is 0. The number of hydrogen-bond donors (Lipinski definition) is 0. The van der Waals surface area contributed by atoms with Crippen molar-refractivity contribution in [1.29, 1.82) is 0 Å². The molecule has 0 spiro atoms. The number of halogens is 6. The van der Waals surface area contributed by atoms with Gasteiger partial charge < -0.3 is 6.92 Å². The van der Waals surface area contributed by atoms with Crippen molar-refractivity contribution < 1.29 is 41.4 Å². The fourth-order valence-electron chi connectivity index (χ4n) is 0.142. The van der Waals surface area contributed by atoms with Crippen LogP contribution >= 0.6 is 17.0 Å². The average molecular weight is 293 g/mol. The zero-order valence-corrected chi connectivity index (χ0v) is 10.1. The first-order valence-electron chi connectivity index (χ1n) is 2.05. The van der Waals surface area contributed by atoms with Gasteiger partial charge in [-0.25, -0.2) is 0 Å². The second-order valence-corrected chi connectivity index (χ2v) is 1.45. The molecule has 0 aliphatic rings. The molecule has 11 heavy (non-hydrogen) atoms. The van der Waals surface area contributed by atoms with E-state index in [9.17, 15) is 22.0 Å². The Balaban J connectivity index is -0.000000320. The van der Waals surface area contributed by atoms with Gasteiger partial charge in [0.25, 0.3) is 0 Å². The van der Waals surface area contributed by atoms with Gasteiger partial charge in [-0.2, -0.15) is 22.0 Å². The van der Waals surface area contributed by atoms with E-state index in [0.717, 1.165) is 0 Å². The number of alkyl halides is 5. The monoisotopic (exact) mass is 291 g/mol. The SMILES string of the molecule is Br.[CH2-]CC(F)(F)C(F)(F)F.[Zn]. The Kier molecular flexibility index (Phi) is 8.72. The summed E-state index contributed by atoms with van der Waals surface area (Å²) in [5, 5.41) is 0. The minimum Gasteiger partial charge on any atom is -0.337 e. The zero-order chi connectivity index (χ0) is 7.71. The maximum atomic E-state index is 11.5. The molecule has 0 bridgehead atoms. The maximum absolute atomic E-state index is 11.5. The fourth-order valence-corrected chi connectivity index (χ4v) is 0.142. The van der Waals surface area contributed by atoms with Crippen molar-refractivity contribution in [3.63, 3.8) is 0 Å². The van der Waals surface area contributed by atoms with E-state index in [0.29, 0.717) is 0 Å². The molecule has 0 unspecified atom stereocenters. The predicted octanol–water partition coefficient (Wildman–Crippen LogP) is 2.98. The Bertz CT molecular complexity index is 101. The van der Waals surface area contributed by atoms with E-state index in [4.69, 9.17) is 0 Å². The van der Waals surface area contributed by atoms with Crippen LogP contribution in [0.15, 0.2) is 0 Å². The minimum atomic E-state index is -5.45. The van der Waals surface area contributed by atoms with Gasteiger partial charge in [0, 0.05) is 19.5 Å². The van der Waals surface area contributed by atoms with Crippen LogP contribution < -0.4 is 0 Å². The second-order valence-electron chi connectivity index (χ2n) is 1.45. The third-order valence-electron chi connectivity index (χ3n) is 0.729. The molecule has 0 aromatic carbocycles. The van der Waals surface area contributed by atoms with Crippen LogP contribution in [0.5, 0.6) is 0 Å². The van der Waals surface area contributed by atoms with E-state index >= 15 is 0 Å². The van der Waals surface area contributed by atoms with Crippen molar-refractivity contribution in [1.82, 2.24) is 0 Å². The van der Waals surface area contributed by atoms with E-state index in [1.165, 1.54) is 0 Å². The summed E-state index contributed by atoms with van der Waals surface area (Å²) < 4.78 is 56.1. The summed E-state index contributed by atoms with van der Waals surface area (Å²) in [5.41, 5.74) is 0. The fraction of sp³-hybridized carbons (Fsp3) is 0.750. The van der Waals surface area contributed by atoms with Crippen LogP contribution in [0.4, 0.5) is 22.0 Å². The van der Waals surface area contributed by atoms with Gasteiger partial charge in [-0.15, -0.1) is 23.4 Å². The van der Waals surface area contributed by atoms with Gasteiger partial charge in [-0.3, -0.25) is 0 Å². The van der Waals surface area contributed by atoms with Gasteiger partial charge in [0.15, 0.2) is 0 Å². The summed E-state index contributed by atoms with van der Waals surface area (Å²) in [6.45, 7) is 2.45. The first-order chi connectivity index (χ1) is 3.81. The Morgan fingerprint density at radius 3 is 1.27 bits per heavy atom. The molecule has 0 aromatic rings. The molecule has 0 fully saturated rings. The third-order valence-corrected chi connectivity index (χ3v) is 0.729. The standard InChI is InChI=1S/C4H4F5.BrH.Zn/c1-2-3(5,6)4(7,8)9;;/h1-2H2;1H;/q-1;;. The van der Waals surface area contributed by atoms with Crippen molar-refractivity contribution in [2.75, 3.05) is 0 Å². The smallest absolute Gasteiger partial charge is 0.337 e. The molecule has 0 aliphatic heterocycles. The van der Waals surface area contributed by atoms with E-state index in [1.54, 1.807) is 0 Å². The molecule has 0 aliphatic carbocycles. The van der Waals surface area contributed by atoms with Crippen LogP contribution in [0.3, 0.4) is 0 Å². The Morgan fingerprint density at radius 1 is 1.00 bits per heavy atom. The van der Waals surface area contributed by atoms with Crippen LogP contribution in [0.1, 0.15) is 6.42 Å². The molecule has 0 saturated carbocycles. The summed E-state index contributed by atoms with van der Waals surface area (Å²) in [6.07, 6.45) is -6.90. The molecule has 0 N–H and O–H groups in total. The van der Waals surface area contributed by atoms with Gasteiger partial charge in [0.2, 0.25) is 0 Å². The van der Waals surface area contributed by atoms with Crippen molar-refractivity contribution in [2.45, 2.75) is 18.5 Å². The quantitative estimate of drug-likeness (QED) is 0.396. The van der Waals surface area contributed by atoms with Crippen LogP contribution in [-0.4, -0.2) is 12.1 Å². The Morgan fingerprint density at radius 2 is 1.27 bits per heavy atom. The minimum absolute atomic E-state index is 0. The third kappa shape index (κ3) is 5.07. The summed E-state index contributed by atoms with van der Waals surface area (Å²) in [5.74, 6) is -4.63. The first kappa shape index (κ1) is 17.7. The average Bonchev–Trinajstić information content (AvgIpc) is 1.64. The Labute approximate surface area is 84.1 Å². The second kappa shape index (κ2) is 5.41. The molecule has 0 radical (unpaired) electrons. The zero-order valence-electron chi connectivity index (χ0n) is 5.42. The van der Waals surface area contributed by atoms with Crippen molar-refractivity contribution in [3.8, 4) is 0 Å². The molecule has 0 nitrogen and oxygen atoms in total. The summed E-state index contributed by atoms with van der Waals surface area (Å²) in [6, 6.07) is 0. The van der Waals surface area contributed by atoms with Crippen molar-refractivity contribution in [3.05, 3.63) is 6.92 Å². The maximum Gasteiger partial charge on any atom is 0.450 e. The topological polar surface area (TPSA) is 0 Å². The van der Waals surface area contributed by atoms with Gasteiger partial charge >= 0.3 is 12.1 Å². The molecule has 0 atom stereocenters. The van der Waals surface area contributed by atoms with E-state index < -0.39 is 18.5 Å². The van der Waals surface area contributed by atoms with E-state index in [1.807, 2.05) is 0 Å². The predicted molar refractivity (Wildman–Crippen MR) is 31.3 cm³/mol. The van der Waals surface area contributed by atoms with Crippen LogP contribution in [0.2, 0.25) is 0 Å². The van der Waals surface area contributed by atoms with Crippen molar-refractivity contribution in [2.24, 2.45) is 0 Å². The largest absolute Gasteiger partial charge is 0.450 e. The van der Waals surface area contributed by atoms with Gasteiger partial charge in [0.1, 0.15) is 0 Å². The van der Waals surface area contributed by atoms with E-state index in [2.05, 4.69) is 6.92 Å². The van der Waals surface area contributed by atoms with Crippen LogP contribution in [0, 0.1) is 6.92 Å². The summed E-state index contributed by atoms with van der Waals surface area (Å²) in [4.78, 5) is 0. The van der Waals surface area contributed by atoms with Gasteiger partial charge in [0.05, 0.1) is 0 Å². The van der Waals surface area contributed by atoms with E-state index in [-0.39, 0.29) is 36.5 Å². The number of rotatable bonds is 1. The van der Waals surface area contributed by atoms with Gasteiger partial charge in [-0.05, 0) is 0 Å². The molecular weight excluding hydrogens is 288 g/mol.